The highest BCUT2D eigenvalue weighted by molar-refractivity contribution is 7.22. The minimum Gasteiger partial charge on any atom is -0.404 e. The van der Waals surface area contributed by atoms with Crippen LogP contribution in [0.5, 0.6) is 0 Å². The normalized spacial score (nSPS) is 21.5. The molecule has 4 aliphatic carbocycles. The third kappa shape index (κ3) is 13.1. The van der Waals surface area contributed by atoms with E-state index in [1.807, 2.05) is 55.5 Å². The number of rotatable bonds is 24. The van der Waals surface area contributed by atoms with E-state index in [0.29, 0.717) is 83.6 Å². The van der Waals surface area contributed by atoms with Crippen molar-refractivity contribution in [3.8, 4) is 0 Å². The van der Waals surface area contributed by atoms with E-state index in [0.717, 1.165) is 115 Å². The number of para-hydroxylation sites is 1. The number of imide groups is 1. The van der Waals surface area contributed by atoms with Gasteiger partial charge in [0.2, 0.25) is 17.7 Å². The van der Waals surface area contributed by atoms with E-state index < -0.39 is 11.8 Å². The number of allylic oxidation sites excluding steroid dienone is 1. The zero-order valence-electron chi connectivity index (χ0n) is 46.4. The molecule has 1 unspecified atom stereocenters. The number of pyridine rings is 1. The standard InChI is InChI=1S/C63H77N11O5S/c1-39(68-38-63-33-40-29-41(34-63)31-42(30-40)35-63)49(36-64)45-22-24-54(74-28-26-43-15-14-16-46(50(43)37-74)59(77)73-62-70-51-17-11-12-18-53(51)80-62)71-58(45)61(79)67-27-13-9-7-5-3-4-6-8-10-19-55(75)69-44-20-21-47(52(32-44)66-2)57(65)48-23-25-56(76)72-60(48)78/h11-12,14-18,20-22,24,32,36,40-42,48,65-66H,3-10,13,19,23,25-31,33-35,37-38,64H2,1-2H3,(H,67,79)(H,69,75)(H,70,73,77)(H,72,76,78). The number of aromatic nitrogens is 2. The van der Waals surface area contributed by atoms with Crippen molar-refractivity contribution >= 4 is 90.4 Å². The molecule has 420 valence electrons. The quantitative estimate of drug-likeness (QED) is 0.0175. The number of carbonyl (C=O) groups is 5. The van der Waals surface area contributed by atoms with Crippen molar-refractivity contribution in [3.05, 3.63) is 113 Å². The highest BCUT2D eigenvalue weighted by atomic mass is 32.1. The van der Waals surface area contributed by atoms with Crippen LogP contribution in [0.1, 0.15) is 166 Å². The van der Waals surface area contributed by atoms with E-state index in [9.17, 15) is 24.0 Å². The minimum absolute atomic E-state index is 0.0681. The lowest BCUT2D eigenvalue weighted by molar-refractivity contribution is -0.134. The van der Waals surface area contributed by atoms with Gasteiger partial charge in [-0.05, 0) is 154 Å². The van der Waals surface area contributed by atoms with Gasteiger partial charge in [0.25, 0.3) is 11.8 Å². The van der Waals surface area contributed by atoms with Gasteiger partial charge in [-0.15, -0.1) is 0 Å². The molecule has 1 atom stereocenters. The van der Waals surface area contributed by atoms with Gasteiger partial charge in [0.05, 0.1) is 21.8 Å². The molecule has 80 heavy (non-hydrogen) atoms. The summed E-state index contributed by atoms with van der Waals surface area (Å²) in [7, 11) is 1.73. The molecule has 11 rings (SSSR count). The van der Waals surface area contributed by atoms with Crippen LogP contribution in [0, 0.1) is 34.5 Å². The van der Waals surface area contributed by atoms with Crippen LogP contribution in [-0.4, -0.2) is 77.6 Å². The smallest absolute Gasteiger partial charge is 0.270 e. The lowest BCUT2D eigenvalue weighted by Crippen LogP contribution is -2.47. The summed E-state index contributed by atoms with van der Waals surface area (Å²) in [5.74, 6) is 1.16. The molecule has 4 heterocycles. The van der Waals surface area contributed by atoms with Gasteiger partial charge in [0.1, 0.15) is 11.5 Å². The third-order valence-corrected chi connectivity index (χ3v) is 18.4. The van der Waals surface area contributed by atoms with Crippen molar-refractivity contribution in [3.63, 3.8) is 0 Å². The van der Waals surface area contributed by atoms with E-state index in [4.69, 9.17) is 21.1 Å². The molecule has 2 aromatic heterocycles. The molecular weight excluding hydrogens is 1020 g/mol. The Kier molecular flexibility index (Phi) is 17.8. The Morgan fingerprint density at radius 1 is 0.825 bits per heavy atom. The van der Waals surface area contributed by atoms with Gasteiger partial charge in [-0.2, -0.15) is 0 Å². The fourth-order valence-electron chi connectivity index (χ4n) is 13.7. The zero-order chi connectivity index (χ0) is 55.8. The highest BCUT2D eigenvalue weighted by Crippen LogP contribution is 2.60. The first kappa shape index (κ1) is 56.0. The summed E-state index contributed by atoms with van der Waals surface area (Å²) in [4.78, 5) is 82.3. The average Bonchev–Trinajstić information content (AvgIpc) is 3.95. The van der Waals surface area contributed by atoms with Crippen LogP contribution < -0.4 is 37.2 Å². The Morgan fingerprint density at radius 3 is 2.25 bits per heavy atom. The van der Waals surface area contributed by atoms with E-state index in [2.05, 4.69) is 42.5 Å². The molecule has 2 aliphatic heterocycles. The molecule has 4 saturated carbocycles. The number of hydrogen-bond donors (Lipinski definition) is 7. The van der Waals surface area contributed by atoms with E-state index in [1.165, 1.54) is 49.9 Å². The number of thiazole rings is 1. The van der Waals surface area contributed by atoms with Crippen LogP contribution >= 0.6 is 11.3 Å². The van der Waals surface area contributed by atoms with E-state index in [-0.39, 0.29) is 41.2 Å². The van der Waals surface area contributed by atoms with Crippen molar-refractivity contribution in [1.82, 2.24) is 20.6 Å². The average molecular weight is 1100 g/mol. The molecule has 0 radical (unpaired) electrons. The number of nitrogens with two attached hydrogens (primary N) is 1. The van der Waals surface area contributed by atoms with Gasteiger partial charge < -0.3 is 32.0 Å². The highest BCUT2D eigenvalue weighted by Gasteiger charge is 2.50. The first-order chi connectivity index (χ1) is 38.8. The Bertz CT molecular complexity index is 3150. The number of carbonyl (C=O) groups excluding carboxylic acids is 5. The minimum atomic E-state index is -0.697. The monoisotopic (exact) mass is 1100 g/mol. The molecule has 8 N–H and O–H groups in total. The molecular formula is C63H77N11O5S. The lowest BCUT2D eigenvalue weighted by Gasteiger charge is -2.56. The number of unbranched alkanes of at least 4 members (excludes halogenated alkanes) is 8. The first-order valence-corrected chi connectivity index (χ1v) is 30.0. The number of nitrogens with one attached hydrogen (secondary N) is 6. The fourth-order valence-corrected chi connectivity index (χ4v) is 14.6. The van der Waals surface area contributed by atoms with Crippen molar-refractivity contribution in [1.29, 1.82) is 5.41 Å². The summed E-state index contributed by atoms with van der Waals surface area (Å²) >= 11 is 1.45. The van der Waals surface area contributed by atoms with Gasteiger partial charge in [-0.1, -0.05) is 80.5 Å². The molecule has 0 spiro atoms. The number of aliphatic imine (C=N–C) groups is 1. The third-order valence-electron chi connectivity index (χ3n) is 17.4. The zero-order valence-corrected chi connectivity index (χ0v) is 47.2. The van der Waals surface area contributed by atoms with Gasteiger partial charge >= 0.3 is 0 Å². The van der Waals surface area contributed by atoms with Gasteiger partial charge in [0.15, 0.2) is 5.13 Å². The van der Waals surface area contributed by atoms with Crippen molar-refractivity contribution in [2.45, 2.75) is 135 Å². The summed E-state index contributed by atoms with van der Waals surface area (Å²) in [5.41, 5.74) is 14.7. The number of nitrogens with zero attached hydrogens (tertiary/aromatic N) is 4. The number of hydrogen-bond acceptors (Lipinski definition) is 13. The summed E-state index contributed by atoms with van der Waals surface area (Å²) in [6, 6.07) is 22.9. The molecule has 17 heteroatoms. The summed E-state index contributed by atoms with van der Waals surface area (Å²) in [6.45, 7) is 4.45. The molecule has 3 aromatic carbocycles. The molecule has 6 aliphatic rings. The molecule has 5 amide bonds. The second-order valence-electron chi connectivity index (χ2n) is 23.2. The number of amides is 5. The molecule has 5 aromatic rings. The topological polar surface area (TPSA) is 237 Å². The van der Waals surface area contributed by atoms with Crippen molar-refractivity contribution in [2.24, 2.45) is 39.8 Å². The molecule has 4 bridgehead atoms. The Hall–Kier alpha value is -7.27. The summed E-state index contributed by atoms with van der Waals surface area (Å²) in [5, 5.41) is 23.8. The van der Waals surface area contributed by atoms with Crippen molar-refractivity contribution in [2.75, 3.05) is 47.5 Å². The fraction of sp³-hybridized carbons (Fsp3) is 0.476. The van der Waals surface area contributed by atoms with Gasteiger partial charge in [-0.3, -0.25) is 39.6 Å². The molecule has 5 fully saturated rings. The number of piperidine rings is 1. The van der Waals surface area contributed by atoms with E-state index in [1.54, 1.807) is 31.4 Å². The Labute approximate surface area is 473 Å². The van der Waals surface area contributed by atoms with Gasteiger partial charge in [0, 0.05) is 91.6 Å². The second-order valence-corrected chi connectivity index (χ2v) is 24.2. The Morgan fingerprint density at radius 2 is 1.54 bits per heavy atom. The second kappa shape index (κ2) is 25.5. The molecule has 16 nitrogen and oxygen atoms in total. The Balaban J connectivity index is 0.707. The summed E-state index contributed by atoms with van der Waals surface area (Å²) < 4.78 is 1.01. The lowest BCUT2D eigenvalue weighted by atomic mass is 9.49. The van der Waals surface area contributed by atoms with E-state index >= 15 is 0 Å². The van der Waals surface area contributed by atoms with Gasteiger partial charge in [-0.25, -0.2) is 9.97 Å². The maximum atomic E-state index is 14.4. The SMILES string of the molecule is CNc1cc(NC(=O)CCCCCCCCCCCNC(=O)c2nc(N3CCc4cccc(C(=O)Nc5nc6ccccc6s5)c4C3)ccc2C(=CN)C(C)=NCC23CC4CC(CC(C4)C2)C3)ccc1C(=N)C1CCC(=O)NC1=O. The van der Waals surface area contributed by atoms with Crippen LogP contribution in [0.15, 0.2) is 84.0 Å². The van der Waals surface area contributed by atoms with Crippen LogP contribution in [0.3, 0.4) is 0 Å². The van der Waals surface area contributed by atoms with Crippen LogP contribution in [0.2, 0.25) is 0 Å². The largest absolute Gasteiger partial charge is 0.404 e. The maximum Gasteiger partial charge on any atom is 0.270 e. The predicted octanol–water partition coefficient (Wildman–Crippen LogP) is 11.2. The van der Waals surface area contributed by atoms with Crippen LogP contribution in [0.4, 0.5) is 22.3 Å². The number of benzene rings is 3. The van der Waals surface area contributed by atoms with Crippen LogP contribution in [0.25, 0.3) is 15.8 Å². The first-order valence-electron chi connectivity index (χ1n) is 29.2. The predicted molar refractivity (Wildman–Crippen MR) is 320 cm³/mol. The summed E-state index contributed by atoms with van der Waals surface area (Å²) in [6.07, 6.45) is 20.2. The maximum absolute atomic E-state index is 14.4. The molecule has 1 saturated heterocycles. The number of fused-ring (bicyclic) bond motifs is 2. The van der Waals surface area contributed by atoms with Crippen LogP contribution in [-0.2, 0) is 27.3 Å². The number of anilines is 4. The van der Waals surface area contributed by atoms with Crippen molar-refractivity contribution < 1.29 is 24.0 Å².